The Kier molecular flexibility index (Phi) is 6.11. The van der Waals surface area contributed by atoms with Crippen molar-refractivity contribution in [3.63, 3.8) is 0 Å². The molecule has 1 saturated heterocycles. The van der Waals surface area contributed by atoms with Gasteiger partial charge in [-0.25, -0.2) is 4.39 Å². The van der Waals surface area contributed by atoms with Crippen LogP contribution in [0.5, 0.6) is 5.75 Å². The van der Waals surface area contributed by atoms with E-state index >= 15 is 0 Å². The van der Waals surface area contributed by atoms with Gasteiger partial charge in [-0.2, -0.15) is 0 Å². The van der Waals surface area contributed by atoms with E-state index in [0.717, 1.165) is 30.0 Å². The van der Waals surface area contributed by atoms with Gasteiger partial charge in [0.1, 0.15) is 11.6 Å². The zero-order valence-electron chi connectivity index (χ0n) is 16.2. The molecule has 1 fully saturated rings. The first-order chi connectivity index (χ1) is 13.0. The molecule has 1 heterocycles. The zero-order chi connectivity index (χ0) is 19.4. The number of halogens is 1. The SMILES string of the molecule is COc1ccc(C(C)CC(=O)N2CCN(C)C(c3ccc(F)cc3)C2)cc1. The molecule has 0 aromatic heterocycles. The molecule has 2 aromatic carbocycles. The van der Waals surface area contributed by atoms with Crippen LogP contribution in [-0.2, 0) is 4.79 Å². The minimum Gasteiger partial charge on any atom is -0.497 e. The lowest BCUT2D eigenvalue weighted by Gasteiger charge is -2.40. The highest BCUT2D eigenvalue weighted by atomic mass is 19.1. The summed E-state index contributed by atoms with van der Waals surface area (Å²) in [4.78, 5) is 17.0. The van der Waals surface area contributed by atoms with Crippen LogP contribution in [0.15, 0.2) is 48.5 Å². The highest BCUT2D eigenvalue weighted by Crippen LogP contribution is 2.27. The molecular weight excluding hydrogens is 343 g/mol. The van der Waals surface area contributed by atoms with E-state index in [1.165, 1.54) is 12.1 Å². The van der Waals surface area contributed by atoms with Gasteiger partial charge >= 0.3 is 0 Å². The Hall–Kier alpha value is -2.40. The van der Waals surface area contributed by atoms with Gasteiger partial charge in [0.25, 0.3) is 0 Å². The number of piperazine rings is 1. The Morgan fingerprint density at radius 1 is 1.15 bits per heavy atom. The zero-order valence-corrected chi connectivity index (χ0v) is 16.2. The van der Waals surface area contributed by atoms with Crippen molar-refractivity contribution in [2.24, 2.45) is 0 Å². The van der Waals surface area contributed by atoms with Gasteiger partial charge < -0.3 is 9.64 Å². The van der Waals surface area contributed by atoms with E-state index < -0.39 is 0 Å². The summed E-state index contributed by atoms with van der Waals surface area (Å²) in [6.07, 6.45) is 0.478. The number of nitrogens with zero attached hydrogens (tertiary/aromatic N) is 2. The molecule has 1 aliphatic rings. The van der Waals surface area contributed by atoms with Gasteiger partial charge in [-0.05, 0) is 48.4 Å². The molecule has 3 rings (SSSR count). The van der Waals surface area contributed by atoms with Crippen molar-refractivity contribution in [3.8, 4) is 5.75 Å². The molecule has 2 atom stereocenters. The van der Waals surface area contributed by atoms with Crippen LogP contribution in [0.4, 0.5) is 4.39 Å². The number of carbonyl (C=O) groups excluding carboxylic acids is 1. The third-order valence-corrected chi connectivity index (χ3v) is 5.42. The standard InChI is InChI=1S/C22H27FN2O2/c1-16(17-6-10-20(27-3)11-7-17)14-22(26)25-13-12-24(2)21(15-25)18-4-8-19(23)9-5-18/h4-11,16,21H,12-15H2,1-3H3. The highest BCUT2D eigenvalue weighted by molar-refractivity contribution is 5.77. The molecule has 0 spiro atoms. The molecule has 2 aromatic rings. The molecule has 0 N–H and O–H groups in total. The van der Waals surface area contributed by atoms with Crippen molar-refractivity contribution < 1.29 is 13.9 Å². The molecule has 5 heteroatoms. The highest BCUT2D eigenvalue weighted by Gasteiger charge is 2.29. The van der Waals surface area contributed by atoms with Crippen LogP contribution in [0, 0.1) is 5.82 Å². The second kappa shape index (κ2) is 8.53. The van der Waals surface area contributed by atoms with E-state index in [9.17, 15) is 9.18 Å². The minimum atomic E-state index is -0.238. The first-order valence-corrected chi connectivity index (χ1v) is 9.35. The van der Waals surface area contributed by atoms with Crippen LogP contribution in [0.1, 0.15) is 36.4 Å². The number of carbonyl (C=O) groups is 1. The average Bonchev–Trinajstić information content (AvgIpc) is 2.69. The van der Waals surface area contributed by atoms with Gasteiger partial charge in [0.05, 0.1) is 13.2 Å². The van der Waals surface area contributed by atoms with Crippen LogP contribution >= 0.6 is 0 Å². The topological polar surface area (TPSA) is 32.8 Å². The lowest BCUT2D eigenvalue weighted by Crippen LogP contribution is -2.49. The first kappa shape index (κ1) is 19.4. The van der Waals surface area contributed by atoms with Gasteiger partial charge in [0.15, 0.2) is 0 Å². The third kappa shape index (κ3) is 4.66. The number of methoxy groups -OCH3 is 1. The molecule has 0 bridgehead atoms. The van der Waals surface area contributed by atoms with Gasteiger partial charge in [-0.3, -0.25) is 9.69 Å². The maximum Gasteiger partial charge on any atom is 0.223 e. The summed E-state index contributed by atoms with van der Waals surface area (Å²) in [7, 11) is 3.70. The molecular formula is C22H27FN2O2. The van der Waals surface area contributed by atoms with E-state index in [1.807, 2.05) is 41.3 Å². The fourth-order valence-corrected chi connectivity index (χ4v) is 3.59. The molecule has 1 amide bonds. The molecule has 27 heavy (non-hydrogen) atoms. The number of benzene rings is 2. The average molecular weight is 370 g/mol. The largest absolute Gasteiger partial charge is 0.497 e. The van der Waals surface area contributed by atoms with E-state index in [4.69, 9.17) is 4.74 Å². The molecule has 2 unspecified atom stereocenters. The fraction of sp³-hybridized carbons (Fsp3) is 0.409. The summed E-state index contributed by atoms with van der Waals surface area (Å²) in [6.45, 7) is 4.25. The first-order valence-electron chi connectivity index (χ1n) is 9.35. The predicted octanol–water partition coefficient (Wildman–Crippen LogP) is 3.84. The molecule has 1 aliphatic heterocycles. The van der Waals surface area contributed by atoms with Crippen LogP contribution < -0.4 is 4.74 Å². The van der Waals surface area contributed by atoms with Crippen molar-refractivity contribution >= 4 is 5.91 Å². The van der Waals surface area contributed by atoms with E-state index in [-0.39, 0.29) is 23.7 Å². The second-order valence-corrected chi connectivity index (χ2v) is 7.27. The maximum absolute atomic E-state index is 13.2. The van der Waals surface area contributed by atoms with E-state index in [0.29, 0.717) is 13.0 Å². The van der Waals surface area contributed by atoms with Crippen LogP contribution in [0.25, 0.3) is 0 Å². The van der Waals surface area contributed by atoms with Crippen molar-refractivity contribution in [2.75, 3.05) is 33.8 Å². The molecule has 0 radical (unpaired) electrons. The number of hydrogen-bond acceptors (Lipinski definition) is 3. The Balaban J connectivity index is 1.64. The fourth-order valence-electron chi connectivity index (χ4n) is 3.59. The Morgan fingerprint density at radius 3 is 2.44 bits per heavy atom. The Labute approximate surface area is 160 Å². The van der Waals surface area contributed by atoms with Crippen molar-refractivity contribution in [1.29, 1.82) is 0 Å². The number of ether oxygens (including phenoxy) is 1. The van der Waals surface area contributed by atoms with Crippen molar-refractivity contribution in [3.05, 3.63) is 65.5 Å². The number of likely N-dealkylation sites (N-methyl/N-ethyl adjacent to an activating group) is 1. The quantitative estimate of drug-likeness (QED) is 0.802. The molecule has 0 aliphatic carbocycles. The number of rotatable bonds is 5. The lowest BCUT2D eigenvalue weighted by molar-refractivity contribution is -0.134. The Morgan fingerprint density at radius 2 is 1.81 bits per heavy atom. The number of amides is 1. The molecule has 4 nitrogen and oxygen atoms in total. The smallest absolute Gasteiger partial charge is 0.223 e. The molecule has 144 valence electrons. The number of hydrogen-bond donors (Lipinski definition) is 0. The van der Waals surface area contributed by atoms with Crippen molar-refractivity contribution in [1.82, 2.24) is 9.80 Å². The molecule has 0 saturated carbocycles. The minimum absolute atomic E-state index is 0.0968. The second-order valence-electron chi connectivity index (χ2n) is 7.27. The summed E-state index contributed by atoms with van der Waals surface area (Å²) in [5.41, 5.74) is 2.17. The summed E-state index contributed by atoms with van der Waals surface area (Å²) >= 11 is 0. The summed E-state index contributed by atoms with van der Waals surface area (Å²) in [5.74, 6) is 0.891. The van der Waals surface area contributed by atoms with Crippen molar-refractivity contribution in [2.45, 2.75) is 25.3 Å². The summed E-state index contributed by atoms with van der Waals surface area (Å²) < 4.78 is 18.4. The normalized spacial score (nSPS) is 19.0. The van der Waals surface area contributed by atoms with Crippen LogP contribution in [0.2, 0.25) is 0 Å². The van der Waals surface area contributed by atoms with Gasteiger partial charge in [0.2, 0.25) is 5.91 Å². The summed E-state index contributed by atoms with van der Waals surface area (Å²) in [6, 6.07) is 14.6. The lowest BCUT2D eigenvalue weighted by atomic mass is 9.96. The monoisotopic (exact) mass is 370 g/mol. The van der Waals surface area contributed by atoms with E-state index in [1.54, 1.807) is 7.11 Å². The third-order valence-electron chi connectivity index (χ3n) is 5.42. The van der Waals surface area contributed by atoms with Crippen LogP contribution in [-0.4, -0.2) is 49.5 Å². The maximum atomic E-state index is 13.2. The van der Waals surface area contributed by atoms with Gasteiger partial charge in [-0.1, -0.05) is 31.2 Å². The van der Waals surface area contributed by atoms with Crippen LogP contribution in [0.3, 0.4) is 0 Å². The van der Waals surface area contributed by atoms with Gasteiger partial charge in [-0.15, -0.1) is 0 Å². The van der Waals surface area contributed by atoms with Gasteiger partial charge in [0, 0.05) is 26.1 Å². The Bertz CT molecular complexity index is 761. The predicted molar refractivity (Wildman–Crippen MR) is 104 cm³/mol. The van der Waals surface area contributed by atoms with E-state index in [2.05, 4.69) is 18.9 Å². The summed E-state index contributed by atoms with van der Waals surface area (Å²) in [5, 5.41) is 0.